The highest BCUT2D eigenvalue weighted by Crippen LogP contribution is 2.25. The summed E-state index contributed by atoms with van der Waals surface area (Å²) in [6.45, 7) is 1.94. The number of rotatable bonds is 5. The fraction of sp³-hybridized carbons (Fsp3) is 0.286. The van der Waals surface area contributed by atoms with Gasteiger partial charge in [-0.05, 0) is 12.5 Å². The number of nitrogens with zero attached hydrogens (tertiary/aromatic N) is 1. The van der Waals surface area contributed by atoms with Crippen LogP contribution in [0.3, 0.4) is 0 Å². The Hall–Kier alpha value is -1.88. The fourth-order valence-electron chi connectivity index (χ4n) is 1.89. The largest absolute Gasteiger partial charge is 0.496 e. The summed E-state index contributed by atoms with van der Waals surface area (Å²) < 4.78 is 5.29. The molecule has 0 aliphatic carbocycles. The van der Waals surface area contributed by atoms with Crippen LogP contribution in [-0.4, -0.2) is 23.2 Å². The predicted octanol–water partition coefficient (Wildman–Crippen LogP) is 3.00. The normalized spacial score (nSPS) is 10.4. The number of carboxylic acids is 1. The number of hydrogen-bond donors (Lipinski definition) is 1. The van der Waals surface area contributed by atoms with Gasteiger partial charge in [0.15, 0.2) is 5.69 Å². The monoisotopic (exact) mass is 277 g/mol. The highest BCUT2D eigenvalue weighted by Gasteiger charge is 2.16. The lowest BCUT2D eigenvalue weighted by Crippen LogP contribution is -2.00. The van der Waals surface area contributed by atoms with Gasteiger partial charge < -0.3 is 9.84 Å². The SMILES string of the molecule is CCc1sc(Cc2ccccc2OC)nc1C(=O)O. The van der Waals surface area contributed by atoms with E-state index < -0.39 is 5.97 Å². The Kier molecular flexibility index (Phi) is 4.16. The second-order valence-electron chi connectivity index (χ2n) is 4.03. The number of aromatic carboxylic acids is 1. The van der Waals surface area contributed by atoms with E-state index in [0.717, 1.165) is 21.2 Å². The van der Waals surface area contributed by atoms with Crippen LogP contribution < -0.4 is 4.74 Å². The lowest BCUT2D eigenvalue weighted by Gasteiger charge is -2.05. The zero-order chi connectivity index (χ0) is 13.8. The van der Waals surface area contributed by atoms with Crippen LogP contribution in [0.1, 0.15) is 32.9 Å². The molecule has 100 valence electrons. The molecule has 1 heterocycles. The molecule has 19 heavy (non-hydrogen) atoms. The van der Waals surface area contributed by atoms with Gasteiger partial charge in [-0.15, -0.1) is 11.3 Å². The van der Waals surface area contributed by atoms with Gasteiger partial charge in [0.05, 0.1) is 12.1 Å². The van der Waals surface area contributed by atoms with Gasteiger partial charge in [0.1, 0.15) is 5.75 Å². The molecular formula is C14H15NO3S. The third kappa shape index (κ3) is 2.93. The molecule has 0 atom stereocenters. The predicted molar refractivity (Wildman–Crippen MR) is 74.3 cm³/mol. The zero-order valence-electron chi connectivity index (χ0n) is 10.8. The van der Waals surface area contributed by atoms with Gasteiger partial charge in [-0.25, -0.2) is 9.78 Å². The zero-order valence-corrected chi connectivity index (χ0v) is 11.7. The first-order valence-corrected chi connectivity index (χ1v) is 6.81. The lowest BCUT2D eigenvalue weighted by molar-refractivity contribution is 0.0690. The summed E-state index contributed by atoms with van der Waals surface area (Å²) in [5, 5.41) is 9.90. The smallest absolute Gasteiger partial charge is 0.355 e. The molecule has 5 heteroatoms. The van der Waals surface area contributed by atoms with Crippen molar-refractivity contribution in [1.29, 1.82) is 0 Å². The summed E-state index contributed by atoms with van der Waals surface area (Å²) >= 11 is 1.45. The Morgan fingerprint density at radius 1 is 1.42 bits per heavy atom. The molecule has 0 spiro atoms. The quantitative estimate of drug-likeness (QED) is 0.912. The van der Waals surface area contributed by atoms with Crippen LogP contribution in [0, 0.1) is 0 Å². The number of aromatic nitrogens is 1. The molecule has 0 saturated heterocycles. The minimum Gasteiger partial charge on any atom is -0.496 e. The van der Waals surface area contributed by atoms with Crippen molar-refractivity contribution in [2.24, 2.45) is 0 Å². The van der Waals surface area contributed by atoms with Crippen molar-refractivity contribution in [3.8, 4) is 5.75 Å². The van der Waals surface area contributed by atoms with E-state index in [2.05, 4.69) is 4.98 Å². The van der Waals surface area contributed by atoms with E-state index in [1.54, 1.807) is 7.11 Å². The van der Waals surface area contributed by atoms with Gasteiger partial charge in [0.2, 0.25) is 0 Å². The molecule has 0 fully saturated rings. The molecule has 1 N–H and O–H groups in total. The maximum atomic E-state index is 11.1. The summed E-state index contributed by atoms with van der Waals surface area (Å²) in [6, 6.07) is 7.70. The summed E-state index contributed by atoms with van der Waals surface area (Å²) in [5.41, 5.74) is 1.19. The van der Waals surface area contributed by atoms with Crippen LogP contribution in [-0.2, 0) is 12.8 Å². The highest BCUT2D eigenvalue weighted by molar-refractivity contribution is 7.11. The van der Waals surface area contributed by atoms with Crippen molar-refractivity contribution in [2.45, 2.75) is 19.8 Å². The Morgan fingerprint density at radius 3 is 2.74 bits per heavy atom. The van der Waals surface area contributed by atoms with Crippen molar-refractivity contribution in [3.05, 3.63) is 45.4 Å². The molecule has 0 unspecified atom stereocenters. The molecule has 1 aromatic heterocycles. The summed E-state index contributed by atoms with van der Waals surface area (Å²) in [4.78, 5) is 16.1. The number of thiazole rings is 1. The third-order valence-corrected chi connectivity index (χ3v) is 4.00. The van der Waals surface area contributed by atoms with Crippen molar-refractivity contribution >= 4 is 17.3 Å². The number of benzene rings is 1. The van der Waals surface area contributed by atoms with Crippen molar-refractivity contribution in [1.82, 2.24) is 4.98 Å². The first kappa shape index (κ1) is 13.5. The van der Waals surface area contributed by atoms with Crippen LogP contribution in [0.25, 0.3) is 0 Å². The molecule has 4 nitrogen and oxygen atoms in total. The average Bonchev–Trinajstić information content (AvgIpc) is 2.82. The van der Waals surface area contributed by atoms with E-state index in [0.29, 0.717) is 12.8 Å². The van der Waals surface area contributed by atoms with E-state index in [1.165, 1.54) is 11.3 Å². The topological polar surface area (TPSA) is 59.4 Å². The maximum Gasteiger partial charge on any atom is 0.355 e. The van der Waals surface area contributed by atoms with Crippen LogP contribution in [0.2, 0.25) is 0 Å². The Bertz CT molecular complexity index is 592. The highest BCUT2D eigenvalue weighted by atomic mass is 32.1. The fourth-order valence-corrected chi connectivity index (χ4v) is 2.92. The van der Waals surface area contributed by atoms with Crippen molar-refractivity contribution in [2.75, 3.05) is 7.11 Å². The Labute approximate surface area is 115 Å². The second kappa shape index (κ2) is 5.84. The molecule has 0 aliphatic heterocycles. The minimum atomic E-state index is -0.959. The molecule has 0 amide bonds. The second-order valence-corrected chi connectivity index (χ2v) is 5.19. The molecule has 0 aliphatic rings. The van der Waals surface area contributed by atoms with Gasteiger partial charge in [0.25, 0.3) is 0 Å². The van der Waals surface area contributed by atoms with Crippen LogP contribution in [0.5, 0.6) is 5.75 Å². The number of carboxylic acid groups (broad SMARTS) is 1. The van der Waals surface area contributed by atoms with Gasteiger partial charge >= 0.3 is 5.97 Å². The standard InChI is InChI=1S/C14H15NO3S/c1-3-11-13(14(16)17)15-12(19-11)8-9-6-4-5-7-10(9)18-2/h4-7H,3,8H2,1-2H3,(H,16,17). The summed E-state index contributed by atoms with van der Waals surface area (Å²) in [5.74, 6) is -0.160. The molecule has 2 aromatic rings. The molecular weight excluding hydrogens is 262 g/mol. The summed E-state index contributed by atoms with van der Waals surface area (Å²) in [7, 11) is 1.63. The lowest BCUT2D eigenvalue weighted by atomic mass is 10.1. The van der Waals surface area contributed by atoms with E-state index in [1.807, 2.05) is 31.2 Å². The number of methoxy groups -OCH3 is 1. The number of ether oxygens (including phenoxy) is 1. The summed E-state index contributed by atoms with van der Waals surface area (Å²) in [6.07, 6.45) is 1.28. The maximum absolute atomic E-state index is 11.1. The molecule has 0 radical (unpaired) electrons. The van der Waals surface area contributed by atoms with Crippen LogP contribution in [0.4, 0.5) is 0 Å². The first-order valence-electron chi connectivity index (χ1n) is 5.99. The van der Waals surface area contributed by atoms with Gasteiger partial charge in [0, 0.05) is 16.9 Å². The van der Waals surface area contributed by atoms with Crippen molar-refractivity contribution in [3.63, 3.8) is 0 Å². The molecule has 2 rings (SSSR count). The average molecular weight is 277 g/mol. The van der Waals surface area contributed by atoms with Gasteiger partial charge in [-0.1, -0.05) is 25.1 Å². The number of carbonyl (C=O) groups is 1. The van der Waals surface area contributed by atoms with E-state index in [4.69, 9.17) is 9.84 Å². The number of aryl methyl sites for hydroxylation is 1. The van der Waals surface area contributed by atoms with E-state index >= 15 is 0 Å². The molecule has 1 aromatic carbocycles. The molecule has 0 saturated carbocycles. The minimum absolute atomic E-state index is 0.178. The van der Waals surface area contributed by atoms with Gasteiger partial charge in [-0.2, -0.15) is 0 Å². The van der Waals surface area contributed by atoms with Crippen LogP contribution in [0.15, 0.2) is 24.3 Å². The Morgan fingerprint density at radius 2 is 2.16 bits per heavy atom. The van der Waals surface area contributed by atoms with Crippen molar-refractivity contribution < 1.29 is 14.6 Å². The number of para-hydroxylation sites is 1. The Balaban J connectivity index is 2.31. The first-order chi connectivity index (χ1) is 9.15. The third-order valence-electron chi connectivity index (χ3n) is 2.80. The molecule has 0 bridgehead atoms. The van der Waals surface area contributed by atoms with Gasteiger partial charge in [-0.3, -0.25) is 0 Å². The number of hydrogen-bond acceptors (Lipinski definition) is 4. The van der Waals surface area contributed by atoms with E-state index in [-0.39, 0.29) is 5.69 Å². The van der Waals surface area contributed by atoms with Crippen LogP contribution >= 0.6 is 11.3 Å². The van der Waals surface area contributed by atoms with E-state index in [9.17, 15) is 4.79 Å².